The number of rotatable bonds is 5. The van der Waals surface area contributed by atoms with E-state index in [9.17, 15) is 0 Å². The molecule has 1 aromatic heterocycles. The van der Waals surface area contributed by atoms with Crippen molar-refractivity contribution in [3.8, 4) is 0 Å². The normalized spacial score (nSPS) is 12.7. The van der Waals surface area contributed by atoms with Crippen LogP contribution in [-0.4, -0.2) is 6.54 Å². The van der Waals surface area contributed by atoms with Gasteiger partial charge in [0.15, 0.2) is 0 Å². The van der Waals surface area contributed by atoms with Gasteiger partial charge in [-0.25, -0.2) is 0 Å². The summed E-state index contributed by atoms with van der Waals surface area (Å²) in [4.78, 5) is 2.51. The van der Waals surface area contributed by atoms with Gasteiger partial charge in [-0.3, -0.25) is 0 Å². The van der Waals surface area contributed by atoms with Crippen molar-refractivity contribution in [2.75, 3.05) is 6.54 Å². The van der Waals surface area contributed by atoms with Gasteiger partial charge in [0.1, 0.15) is 0 Å². The van der Waals surface area contributed by atoms with Crippen molar-refractivity contribution >= 4 is 50.5 Å². The second-order valence-corrected chi connectivity index (χ2v) is 7.51. The fourth-order valence-corrected chi connectivity index (χ4v) is 4.09. The van der Waals surface area contributed by atoms with Crippen molar-refractivity contribution < 1.29 is 0 Å². The van der Waals surface area contributed by atoms with Gasteiger partial charge in [-0.15, -0.1) is 11.3 Å². The fourth-order valence-electron chi connectivity index (χ4n) is 2.02. The van der Waals surface area contributed by atoms with E-state index in [4.69, 9.17) is 23.2 Å². The summed E-state index contributed by atoms with van der Waals surface area (Å²) in [6.07, 6.45) is 1.07. The summed E-state index contributed by atoms with van der Waals surface area (Å²) in [5.74, 6) is 0. The van der Waals surface area contributed by atoms with E-state index in [2.05, 4.69) is 41.2 Å². The molecule has 108 valence electrons. The predicted molar refractivity (Wildman–Crippen MR) is 93.4 cm³/mol. The second-order valence-electron chi connectivity index (χ2n) is 4.58. The van der Waals surface area contributed by atoms with E-state index in [1.54, 1.807) is 11.3 Å². The molecule has 0 radical (unpaired) electrons. The summed E-state index contributed by atoms with van der Waals surface area (Å²) in [5.41, 5.74) is 1.03. The molecule has 1 heterocycles. The lowest BCUT2D eigenvalue weighted by molar-refractivity contribution is 0.606. The highest BCUT2D eigenvalue weighted by Crippen LogP contribution is 2.38. The number of thiophene rings is 1. The van der Waals surface area contributed by atoms with Gasteiger partial charge in [0.05, 0.1) is 16.1 Å². The lowest BCUT2D eigenvalue weighted by atomic mass is 10.0. The molecule has 0 aliphatic rings. The number of aryl methyl sites for hydroxylation is 1. The first-order valence-corrected chi connectivity index (χ1v) is 8.84. The van der Waals surface area contributed by atoms with Crippen molar-refractivity contribution in [1.82, 2.24) is 5.32 Å². The van der Waals surface area contributed by atoms with Crippen molar-refractivity contribution in [3.63, 3.8) is 0 Å². The summed E-state index contributed by atoms with van der Waals surface area (Å²) < 4.78 is 1.14. The Labute approximate surface area is 142 Å². The van der Waals surface area contributed by atoms with Gasteiger partial charge >= 0.3 is 0 Å². The molecule has 5 heteroatoms. The van der Waals surface area contributed by atoms with Crippen LogP contribution in [0, 0.1) is 6.92 Å². The molecule has 0 aliphatic carbocycles. The van der Waals surface area contributed by atoms with E-state index in [-0.39, 0.29) is 6.04 Å². The number of benzene rings is 1. The minimum absolute atomic E-state index is 0.0798. The third-order valence-electron chi connectivity index (χ3n) is 3.05. The zero-order valence-electron chi connectivity index (χ0n) is 11.3. The van der Waals surface area contributed by atoms with Gasteiger partial charge in [-0.1, -0.05) is 42.3 Å². The number of hydrogen-bond acceptors (Lipinski definition) is 2. The van der Waals surface area contributed by atoms with E-state index in [1.165, 1.54) is 9.75 Å². The molecule has 0 spiro atoms. The molecule has 1 N–H and O–H groups in total. The van der Waals surface area contributed by atoms with Crippen LogP contribution in [0.15, 0.2) is 28.7 Å². The molecule has 1 aromatic carbocycles. The van der Waals surface area contributed by atoms with E-state index in [1.807, 2.05) is 18.2 Å². The Morgan fingerprint density at radius 2 is 2.10 bits per heavy atom. The number of hydrogen-bond donors (Lipinski definition) is 1. The van der Waals surface area contributed by atoms with Gasteiger partial charge in [-0.2, -0.15) is 0 Å². The van der Waals surface area contributed by atoms with E-state index >= 15 is 0 Å². The van der Waals surface area contributed by atoms with Crippen LogP contribution in [0.5, 0.6) is 0 Å². The largest absolute Gasteiger partial charge is 0.306 e. The van der Waals surface area contributed by atoms with Crippen LogP contribution >= 0.6 is 50.5 Å². The lowest BCUT2D eigenvalue weighted by Gasteiger charge is -2.19. The van der Waals surface area contributed by atoms with Crippen LogP contribution in [0.4, 0.5) is 0 Å². The summed E-state index contributed by atoms with van der Waals surface area (Å²) in [7, 11) is 0. The molecule has 0 aliphatic heterocycles. The average Bonchev–Trinajstić information content (AvgIpc) is 2.74. The Bertz CT molecular complexity index is 578. The third kappa shape index (κ3) is 3.58. The Hall–Kier alpha value is -0.0600. The van der Waals surface area contributed by atoms with Crippen LogP contribution in [0.3, 0.4) is 0 Å². The molecular formula is C15H16BrCl2NS. The predicted octanol–water partition coefficient (Wildman–Crippen LogP) is 6.21. The molecule has 0 bridgehead atoms. The zero-order valence-corrected chi connectivity index (χ0v) is 15.3. The lowest BCUT2D eigenvalue weighted by Crippen LogP contribution is -2.22. The number of nitrogens with one attached hydrogen (secondary N) is 1. The molecule has 1 atom stereocenters. The van der Waals surface area contributed by atoms with Crippen LogP contribution < -0.4 is 5.32 Å². The minimum Gasteiger partial charge on any atom is -0.306 e. The highest BCUT2D eigenvalue weighted by atomic mass is 79.9. The van der Waals surface area contributed by atoms with E-state index in [0.717, 1.165) is 23.0 Å². The first kappa shape index (κ1) is 16.3. The molecule has 2 rings (SSSR count). The Morgan fingerprint density at radius 3 is 2.70 bits per heavy atom. The number of halogens is 3. The topological polar surface area (TPSA) is 12.0 Å². The van der Waals surface area contributed by atoms with Gasteiger partial charge < -0.3 is 5.32 Å². The molecule has 20 heavy (non-hydrogen) atoms. The Morgan fingerprint density at radius 1 is 1.35 bits per heavy atom. The SMILES string of the molecule is CCCNC(c1cc(Br)c(C)s1)c1cccc(Cl)c1Cl. The maximum absolute atomic E-state index is 6.38. The van der Waals surface area contributed by atoms with Gasteiger partial charge in [0.25, 0.3) is 0 Å². The van der Waals surface area contributed by atoms with Crippen molar-refractivity contribution in [2.24, 2.45) is 0 Å². The van der Waals surface area contributed by atoms with Crippen LogP contribution in [0.2, 0.25) is 10.0 Å². The Balaban J connectivity index is 2.44. The second kappa shape index (κ2) is 7.28. The first-order chi connectivity index (χ1) is 9.54. The van der Waals surface area contributed by atoms with E-state index in [0.29, 0.717) is 10.0 Å². The first-order valence-electron chi connectivity index (χ1n) is 6.47. The monoisotopic (exact) mass is 391 g/mol. The third-order valence-corrected chi connectivity index (χ3v) is 6.09. The molecule has 0 saturated carbocycles. The Kier molecular flexibility index (Phi) is 5.94. The smallest absolute Gasteiger partial charge is 0.0686 e. The van der Waals surface area contributed by atoms with Crippen LogP contribution in [0.1, 0.15) is 34.7 Å². The summed E-state index contributed by atoms with van der Waals surface area (Å²) in [6, 6.07) is 8.03. The highest BCUT2D eigenvalue weighted by molar-refractivity contribution is 9.10. The quantitative estimate of drug-likeness (QED) is 0.637. The molecule has 1 nitrogen and oxygen atoms in total. The van der Waals surface area contributed by atoms with Crippen molar-refractivity contribution in [1.29, 1.82) is 0 Å². The maximum atomic E-state index is 6.38. The fraction of sp³-hybridized carbons (Fsp3) is 0.333. The summed E-state index contributed by atoms with van der Waals surface area (Å²) >= 11 is 17.9. The van der Waals surface area contributed by atoms with Crippen LogP contribution in [-0.2, 0) is 0 Å². The van der Waals surface area contributed by atoms with Crippen LogP contribution in [0.25, 0.3) is 0 Å². The molecule has 2 aromatic rings. The molecular weight excluding hydrogens is 377 g/mol. The van der Waals surface area contributed by atoms with Crippen molar-refractivity contribution in [2.45, 2.75) is 26.3 Å². The van der Waals surface area contributed by atoms with Gasteiger partial charge in [0.2, 0.25) is 0 Å². The molecule has 0 fully saturated rings. The standard InChI is InChI=1S/C15H16BrCl2NS/c1-3-7-19-15(13-8-11(16)9(2)20-13)10-5-4-6-12(17)14(10)18/h4-6,8,15,19H,3,7H2,1-2H3. The van der Waals surface area contributed by atoms with Gasteiger partial charge in [-0.05, 0) is 53.5 Å². The molecule has 1 unspecified atom stereocenters. The molecule has 0 amide bonds. The van der Waals surface area contributed by atoms with Crippen molar-refractivity contribution in [3.05, 3.63) is 54.1 Å². The zero-order chi connectivity index (χ0) is 14.7. The summed E-state index contributed by atoms with van der Waals surface area (Å²) in [5, 5.41) is 4.78. The van der Waals surface area contributed by atoms with Gasteiger partial charge in [0, 0.05) is 14.2 Å². The average molecular weight is 393 g/mol. The maximum Gasteiger partial charge on any atom is 0.0686 e. The molecule has 0 saturated heterocycles. The van der Waals surface area contributed by atoms with E-state index < -0.39 is 0 Å². The minimum atomic E-state index is 0.0798. The summed E-state index contributed by atoms with van der Waals surface area (Å²) in [6.45, 7) is 5.19. The highest BCUT2D eigenvalue weighted by Gasteiger charge is 2.20.